The van der Waals surface area contributed by atoms with Gasteiger partial charge in [0.25, 0.3) is 0 Å². The third kappa shape index (κ3) is 8.54. The monoisotopic (exact) mass is 522 g/mol. The minimum atomic E-state index is -0.511. The maximum absolute atomic E-state index is 11.3. The highest BCUT2D eigenvalue weighted by atomic mass is 16.5. The smallest absolute Gasteiger partial charge is 0.165 e. The average molecular weight is 523 g/mol. The fraction of sp³-hybridized carbons (Fsp3) is 0.333. The molecule has 1 aromatic heterocycles. The molecule has 0 amide bonds. The number of hydrogen-bond acceptors (Lipinski definition) is 5. The SMILES string of the molecule is C[C@H](CNC(c1ccccc1)C(O)CCCC1=C/CC/C=C(Oc2cnn(C)c2)/C=C\1)c1ccc(C#N)cc1. The normalized spacial score (nSPS) is 19.2. The summed E-state index contributed by atoms with van der Waals surface area (Å²) in [6.07, 6.45) is 16.0. The van der Waals surface area contributed by atoms with Crippen LogP contribution in [0.15, 0.2) is 103 Å². The van der Waals surface area contributed by atoms with Crippen LogP contribution in [0.1, 0.15) is 67.7 Å². The van der Waals surface area contributed by atoms with Crippen molar-refractivity contribution >= 4 is 0 Å². The van der Waals surface area contributed by atoms with Gasteiger partial charge >= 0.3 is 0 Å². The number of allylic oxidation sites excluding steroid dienone is 5. The Morgan fingerprint density at radius 3 is 2.54 bits per heavy atom. The van der Waals surface area contributed by atoms with Gasteiger partial charge in [-0.1, -0.05) is 67.1 Å². The summed E-state index contributed by atoms with van der Waals surface area (Å²) in [5.41, 5.74) is 4.19. The molecule has 0 aliphatic heterocycles. The lowest BCUT2D eigenvalue weighted by molar-refractivity contribution is 0.115. The Kier molecular flexibility index (Phi) is 10.3. The molecule has 0 spiro atoms. The van der Waals surface area contributed by atoms with E-state index >= 15 is 0 Å². The van der Waals surface area contributed by atoms with Gasteiger partial charge in [-0.25, -0.2) is 0 Å². The van der Waals surface area contributed by atoms with Gasteiger partial charge in [-0.05, 0) is 73.4 Å². The van der Waals surface area contributed by atoms with Crippen LogP contribution in [0.25, 0.3) is 0 Å². The Morgan fingerprint density at radius 1 is 1.05 bits per heavy atom. The summed E-state index contributed by atoms with van der Waals surface area (Å²) >= 11 is 0. The van der Waals surface area contributed by atoms with Gasteiger partial charge in [-0.3, -0.25) is 4.68 Å². The molecule has 0 fully saturated rings. The number of nitrogens with one attached hydrogen (secondary N) is 1. The van der Waals surface area contributed by atoms with E-state index in [1.165, 1.54) is 11.1 Å². The van der Waals surface area contributed by atoms with Gasteiger partial charge in [0.2, 0.25) is 0 Å². The van der Waals surface area contributed by atoms with Gasteiger partial charge in [0.1, 0.15) is 5.76 Å². The van der Waals surface area contributed by atoms with Crippen molar-refractivity contribution in [3.05, 3.63) is 119 Å². The molecule has 0 bridgehead atoms. The molecule has 1 aliphatic rings. The second kappa shape index (κ2) is 14.3. The number of aliphatic hydroxyl groups excluding tert-OH is 1. The number of hydrogen-bond donors (Lipinski definition) is 2. The lowest BCUT2D eigenvalue weighted by atomic mass is 9.94. The molecule has 0 saturated carbocycles. The van der Waals surface area contributed by atoms with E-state index in [2.05, 4.69) is 53.8 Å². The van der Waals surface area contributed by atoms with Crippen LogP contribution in [0.4, 0.5) is 0 Å². The van der Waals surface area contributed by atoms with Crippen molar-refractivity contribution < 1.29 is 9.84 Å². The maximum atomic E-state index is 11.3. The van der Waals surface area contributed by atoms with Crippen molar-refractivity contribution in [1.82, 2.24) is 15.1 Å². The number of aliphatic hydroxyl groups is 1. The van der Waals surface area contributed by atoms with E-state index in [0.29, 0.717) is 12.0 Å². The highest BCUT2D eigenvalue weighted by Gasteiger charge is 2.21. The summed E-state index contributed by atoms with van der Waals surface area (Å²) in [5, 5.41) is 28.1. The minimum absolute atomic E-state index is 0.156. The number of rotatable bonds is 12. The molecule has 0 radical (unpaired) electrons. The first-order chi connectivity index (χ1) is 19.0. The van der Waals surface area contributed by atoms with Crippen LogP contribution in [-0.4, -0.2) is 27.5 Å². The van der Waals surface area contributed by atoms with E-state index in [4.69, 9.17) is 10.00 Å². The van der Waals surface area contributed by atoms with Crippen LogP contribution in [0, 0.1) is 11.3 Å². The van der Waals surface area contributed by atoms with E-state index in [0.717, 1.165) is 49.3 Å². The molecule has 39 heavy (non-hydrogen) atoms. The largest absolute Gasteiger partial charge is 0.454 e. The van der Waals surface area contributed by atoms with Crippen LogP contribution in [-0.2, 0) is 7.05 Å². The Morgan fingerprint density at radius 2 is 1.82 bits per heavy atom. The zero-order valence-electron chi connectivity index (χ0n) is 22.8. The molecule has 1 heterocycles. The van der Waals surface area contributed by atoms with Crippen molar-refractivity contribution in [2.45, 2.75) is 57.1 Å². The number of nitriles is 1. The first-order valence-corrected chi connectivity index (χ1v) is 13.7. The fourth-order valence-electron chi connectivity index (χ4n) is 4.79. The number of aryl methyl sites for hydroxylation is 1. The summed E-state index contributed by atoms with van der Waals surface area (Å²) in [7, 11) is 1.87. The van der Waals surface area contributed by atoms with Crippen LogP contribution in [0.2, 0.25) is 0 Å². The third-order valence-corrected chi connectivity index (χ3v) is 7.06. The quantitative estimate of drug-likeness (QED) is 0.284. The van der Waals surface area contributed by atoms with Crippen molar-refractivity contribution in [2.24, 2.45) is 7.05 Å². The fourth-order valence-corrected chi connectivity index (χ4v) is 4.79. The van der Waals surface area contributed by atoms with Crippen LogP contribution < -0.4 is 10.1 Å². The Balaban J connectivity index is 1.32. The zero-order chi connectivity index (χ0) is 27.5. The van der Waals surface area contributed by atoms with Crippen molar-refractivity contribution in [2.75, 3.05) is 6.54 Å². The highest BCUT2D eigenvalue weighted by molar-refractivity contribution is 5.33. The van der Waals surface area contributed by atoms with Gasteiger partial charge in [-0.2, -0.15) is 10.4 Å². The number of ether oxygens (including phenoxy) is 1. The second-order valence-electron chi connectivity index (χ2n) is 10.1. The molecule has 3 aromatic rings. The summed E-state index contributed by atoms with van der Waals surface area (Å²) in [5.74, 6) is 1.81. The van der Waals surface area contributed by atoms with Crippen molar-refractivity contribution in [3.8, 4) is 11.8 Å². The molecule has 0 saturated heterocycles. The van der Waals surface area contributed by atoms with E-state index in [1.807, 2.05) is 61.8 Å². The van der Waals surface area contributed by atoms with Gasteiger partial charge in [-0.15, -0.1) is 0 Å². The molecule has 6 heteroatoms. The van der Waals surface area contributed by atoms with Crippen molar-refractivity contribution in [3.63, 3.8) is 0 Å². The molecular weight excluding hydrogens is 484 g/mol. The van der Waals surface area contributed by atoms with E-state index in [-0.39, 0.29) is 12.0 Å². The Bertz CT molecular complexity index is 1320. The molecule has 3 atom stereocenters. The second-order valence-corrected chi connectivity index (χ2v) is 10.1. The molecule has 2 N–H and O–H groups in total. The summed E-state index contributed by atoms with van der Waals surface area (Å²) in [6, 6.07) is 19.9. The molecular formula is C33H38N4O2. The lowest BCUT2D eigenvalue weighted by Gasteiger charge is -2.27. The average Bonchev–Trinajstić information content (AvgIpc) is 3.36. The standard InChI is InChI=1S/C33H38N4O2/c1-25(28-18-15-27(21-34)16-19-28)22-35-33(29-11-4-3-5-12-29)32(38)14-8-10-26-9-6-7-13-30(20-17-26)39-31-23-36-37(2)24-31/h3-5,9,11-13,15-20,23-25,32-33,35,38H,6-8,10,14,22H2,1-2H3/b20-17-,26-9-,30-13-/t25-,32?,33?/m1/s1. The predicted molar refractivity (Wildman–Crippen MR) is 155 cm³/mol. The van der Waals surface area contributed by atoms with Crippen LogP contribution >= 0.6 is 0 Å². The number of benzene rings is 2. The summed E-state index contributed by atoms with van der Waals surface area (Å²) < 4.78 is 7.70. The molecule has 4 rings (SSSR count). The Hall–Kier alpha value is -3.92. The molecule has 1 aliphatic carbocycles. The summed E-state index contributed by atoms with van der Waals surface area (Å²) in [4.78, 5) is 0. The summed E-state index contributed by atoms with van der Waals surface area (Å²) in [6.45, 7) is 2.89. The first kappa shape index (κ1) is 28.1. The molecule has 6 nitrogen and oxygen atoms in total. The van der Waals surface area contributed by atoms with E-state index in [9.17, 15) is 5.11 Å². The van der Waals surface area contributed by atoms with E-state index < -0.39 is 6.10 Å². The zero-order valence-corrected chi connectivity index (χ0v) is 22.8. The predicted octanol–water partition coefficient (Wildman–Crippen LogP) is 6.50. The minimum Gasteiger partial charge on any atom is -0.454 e. The third-order valence-electron chi connectivity index (χ3n) is 7.06. The highest BCUT2D eigenvalue weighted by Crippen LogP contribution is 2.25. The van der Waals surface area contributed by atoms with Gasteiger partial charge < -0.3 is 15.2 Å². The number of aromatic nitrogens is 2. The molecule has 202 valence electrons. The van der Waals surface area contributed by atoms with Crippen LogP contribution in [0.3, 0.4) is 0 Å². The number of nitrogens with zero attached hydrogens (tertiary/aromatic N) is 3. The molecule has 2 unspecified atom stereocenters. The first-order valence-electron chi connectivity index (χ1n) is 13.7. The Labute approximate surface area is 231 Å². The van der Waals surface area contributed by atoms with E-state index in [1.54, 1.807) is 10.9 Å². The topological polar surface area (TPSA) is 83.1 Å². The van der Waals surface area contributed by atoms with Gasteiger partial charge in [0.15, 0.2) is 5.75 Å². The molecule has 2 aromatic carbocycles. The lowest BCUT2D eigenvalue weighted by Crippen LogP contribution is -2.34. The van der Waals surface area contributed by atoms with Crippen LogP contribution in [0.5, 0.6) is 5.75 Å². The van der Waals surface area contributed by atoms with Gasteiger partial charge in [0.05, 0.1) is 36.2 Å². The maximum Gasteiger partial charge on any atom is 0.165 e. The van der Waals surface area contributed by atoms with Gasteiger partial charge in [0, 0.05) is 13.6 Å². The van der Waals surface area contributed by atoms with Crippen molar-refractivity contribution in [1.29, 1.82) is 5.26 Å².